The molecule has 0 radical (unpaired) electrons. The molecule has 0 spiro atoms. The van der Waals surface area contributed by atoms with Crippen LogP contribution in [0.2, 0.25) is 0 Å². The first-order chi connectivity index (χ1) is 10.2. The average molecular weight is 298 g/mol. The van der Waals surface area contributed by atoms with E-state index in [1.807, 2.05) is 30.3 Å². The van der Waals surface area contributed by atoms with E-state index >= 15 is 0 Å². The summed E-state index contributed by atoms with van der Waals surface area (Å²) in [6, 6.07) is 16.3. The van der Waals surface area contributed by atoms with E-state index in [-0.39, 0.29) is 0 Å². The molecular formula is C17H18N2OS. The molecule has 2 aromatic carbocycles. The van der Waals surface area contributed by atoms with Crippen molar-refractivity contribution in [1.82, 2.24) is 9.55 Å². The van der Waals surface area contributed by atoms with Gasteiger partial charge < -0.3 is 9.30 Å². The van der Waals surface area contributed by atoms with Crippen LogP contribution in [0.3, 0.4) is 0 Å². The van der Waals surface area contributed by atoms with Crippen LogP contribution in [0.5, 0.6) is 5.75 Å². The van der Waals surface area contributed by atoms with Gasteiger partial charge in [-0.15, -0.1) is 0 Å². The third-order valence-corrected chi connectivity index (χ3v) is 4.31. The minimum Gasteiger partial charge on any atom is -0.493 e. The summed E-state index contributed by atoms with van der Waals surface area (Å²) >= 11 is 1.72. The van der Waals surface area contributed by atoms with Crippen molar-refractivity contribution in [3.8, 4) is 5.75 Å². The maximum Gasteiger partial charge on any atom is 0.168 e. The largest absolute Gasteiger partial charge is 0.493 e. The first kappa shape index (κ1) is 14.0. The van der Waals surface area contributed by atoms with E-state index in [1.165, 1.54) is 11.1 Å². The van der Waals surface area contributed by atoms with Gasteiger partial charge in [0.2, 0.25) is 0 Å². The molecule has 3 nitrogen and oxygen atoms in total. The summed E-state index contributed by atoms with van der Waals surface area (Å²) in [5.74, 6) is 1.81. The lowest BCUT2D eigenvalue weighted by molar-refractivity contribution is 0.343. The molecule has 0 aliphatic carbocycles. The summed E-state index contributed by atoms with van der Waals surface area (Å²) in [7, 11) is 2.05. The van der Waals surface area contributed by atoms with Gasteiger partial charge >= 0.3 is 0 Å². The second kappa shape index (κ2) is 6.22. The van der Waals surface area contributed by atoms with E-state index in [0.717, 1.165) is 22.2 Å². The van der Waals surface area contributed by atoms with Crippen LogP contribution in [0.1, 0.15) is 5.56 Å². The monoisotopic (exact) mass is 298 g/mol. The number of ether oxygens (including phenoxy) is 1. The highest BCUT2D eigenvalue weighted by Gasteiger charge is 2.07. The maximum atomic E-state index is 5.76. The summed E-state index contributed by atoms with van der Waals surface area (Å²) in [6.45, 7) is 2.75. The molecule has 0 aliphatic rings. The Kier molecular flexibility index (Phi) is 4.15. The Morgan fingerprint density at radius 3 is 2.81 bits per heavy atom. The first-order valence-corrected chi connectivity index (χ1v) is 7.96. The highest BCUT2D eigenvalue weighted by atomic mass is 32.2. The van der Waals surface area contributed by atoms with Gasteiger partial charge in [0.1, 0.15) is 5.75 Å². The van der Waals surface area contributed by atoms with Gasteiger partial charge in [-0.05, 0) is 36.8 Å². The van der Waals surface area contributed by atoms with Crippen molar-refractivity contribution in [2.45, 2.75) is 12.1 Å². The van der Waals surface area contributed by atoms with Crippen LogP contribution < -0.4 is 4.74 Å². The molecule has 1 aromatic heterocycles. The standard InChI is InChI=1S/C17H18N2OS/c1-13-6-5-7-14(12-13)20-10-11-21-17-18-15-8-3-4-9-16(15)19(17)2/h3-9,12H,10-11H2,1-2H3. The van der Waals surface area contributed by atoms with Crippen molar-refractivity contribution in [2.24, 2.45) is 7.05 Å². The molecule has 0 N–H and O–H groups in total. The Morgan fingerprint density at radius 1 is 1.14 bits per heavy atom. The van der Waals surface area contributed by atoms with Gasteiger partial charge in [0.05, 0.1) is 17.6 Å². The Bertz CT molecular complexity index is 751. The molecule has 21 heavy (non-hydrogen) atoms. The molecule has 3 rings (SSSR count). The van der Waals surface area contributed by atoms with Gasteiger partial charge in [-0.2, -0.15) is 0 Å². The van der Waals surface area contributed by atoms with E-state index in [9.17, 15) is 0 Å². The zero-order chi connectivity index (χ0) is 14.7. The molecule has 1 heterocycles. The molecule has 0 saturated carbocycles. The molecule has 0 fully saturated rings. The minimum absolute atomic E-state index is 0.678. The van der Waals surface area contributed by atoms with Gasteiger partial charge in [0.15, 0.2) is 5.16 Å². The molecule has 0 amide bonds. The summed E-state index contributed by atoms with van der Waals surface area (Å²) in [5.41, 5.74) is 3.43. The third kappa shape index (κ3) is 3.22. The number of thioether (sulfide) groups is 1. The van der Waals surface area contributed by atoms with E-state index < -0.39 is 0 Å². The SMILES string of the molecule is Cc1cccc(OCCSc2nc3ccccc3n2C)c1. The number of aryl methyl sites for hydroxylation is 2. The van der Waals surface area contributed by atoms with Crippen LogP contribution in [0.25, 0.3) is 11.0 Å². The van der Waals surface area contributed by atoms with Crippen LogP contribution in [-0.2, 0) is 7.05 Å². The third-order valence-electron chi connectivity index (χ3n) is 3.32. The number of benzene rings is 2. The van der Waals surface area contributed by atoms with E-state index in [1.54, 1.807) is 11.8 Å². The summed E-state index contributed by atoms with van der Waals surface area (Å²) in [6.07, 6.45) is 0. The van der Waals surface area contributed by atoms with Gasteiger partial charge in [-0.1, -0.05) is 36.0 Å². The number of aromatic nitrogens is 2. The van der Waals surface area contributed by atoms with Crippen molar-refractivity contribution in [1.29, 1.82) is 0 Å². The van der Waals surface area contributed by atoms with E-state index in [4.69, 9.17) is 4.74 Å². The van der Waals surface area contributed by atoms with E-state index in [0.29, 0.717) is 6.61 Å². The molecule has 0 unspecified atom stereocenters. The Labute approximate surface area is 129 Å². The van der Waals surface area contributed by atoms with Crippen LogP contribution in [-0.4, -0.2) is 21.9 Å². The van der Waals surface area contributed by atoms with Crippen LogP contribution in [0.15, 0.2) is 53.7 Å². The molecule has 108 valence electrons. The van der Waals surface area contributed by atoms with Crippen LogP contribution in [0, 0.1) is 6.92 Å². The van der Waals surface area contributed by atoms with Crippen molar-refractivity contribution < 1.29 is 4.74 Å². The summed E-state index contributed by atoms with van der Waals surface area (Å²) < 4.78 is 7.90. The number of hydrogen-bond acceptors (Lipinski definition) is 3. The number of nitrogens with zero attached hydrogens (tertiary/aromatic N) is 2. The molecule has 3 aromatic rings. The van der Waals surface area contributed by atoms with E-state index in [2.05, 4.69) is 41.7 Å². The van der Waals surface area contributed by atoms with Crippen molar-refractivity contribution in [3.63, 3.8) is 0 Å². The second-order valence-electron chi connectivity index (χ2n) is 4.96. The topological polar surface area (TPSA) is 27.1 Å². The van der Waals surface area contributed by atoms with Crippen LogP contribution in [0.4, 0.5) is 0 Å². The fraction of sp³-hybridized carbons (Fsp3) is 0.235. The normalized spacial score (nSPS) is 11.0. The quantitative estimate of drug-likeness (QED) is 0.525. The number of rotatable bonds is 5. The highest BCUT2D eigenvalue weighted by molar-refractivity contribution is 7.99. The second-order valence-corrected chi connectivity index (χ2v) is 6.02. The Morgan fingerprint density at radius 2 is 2.00 bits per heavy atom. The van der Waals surface area contributed by atoms with Crippen molar-refractivity contribution in [2.75, 3.05) is 12.4 Å². The highest BCUT2D eigenvalue weighted by Crippen LogP contribution is 2.22. The Balaban J connectivity index is 1.58. The molecule has 0 atom stereocenters. The van der Waals surface area contributed by atoms with Gasteiger partial charge in [0.25, 0.3) is 0 Å². The predicted molar refractivity (Wildman–Crippen MR) is 88.1 cm³/mol. The summed E-state index contributed by atoms with van der Waals surface area (Å²) in [5, 5.41) is 1.03. The average Bonchev–Trinajstić information content (AvgIpc) is 2.81. The van der Waals surface area contributed by atoms with Crippen molar-refractivity contribution >= 4 is 22.8 Å². The van der Waals surface area contributed by atoms with Gasteiger partial charge in [-0.3, -0.25) is 0 Å². The molecule has 0 saturated heterocycles. The number of imidazole rings is 1. The number of para-hydroxylation sites is 2. The zero-order valence-corrected chi connectivity index (χ0v) is 13.1. The lowest BCUT2D eigenvalue weighted by atomic mass is 10.2. The van der Waals surface area contributed by atoms with Crippen molar-refractivity contribution in [3.05, 3.63) is 54.1 Å². The smallest absolute Gasteiger partial charge is 0.168 e. The number of hydrogen-bond donors (Lipinski definition) is 0. The Hall–Kier alpha value is -1.94. The molecule has 0 bridgehead atoms. The lowest BCUT2D eigenvalue weighted by Gasteiger charge is -2.06. The number of fused-ring (bicyclic) bond motifs is 1. The first-order valence-electron chi connectivity index (χ1n) is 6.98. The zero-order valence-electron chi connectivity index (χ0n) is 12.2. The molecule has 4 heteroatoms. The molecule has 0 aliphatic heterocycles. The maximum absolute atomic E-state index is 5.76. The van der Waals surface area contributed by atoms with Gasteiger partial charge in [-0.25, -0.2) is 4.98 Å². The predicted octanol–water partition coefficient (Wildman–Crippen LogP) is 4.05. The fourth-order valence-electron chi connectivity index (χ4n) is 2.25. The fourth-order valence-corrected chi connectivity index (χ4v) is 3.05. The lowest BCUT2D eigenvalue weighted by Crippen LogP contribution is -2.01. The van der Waals surface area contributed by atoms with Gasteiger partial charge in [0, 0.05) is 12.8 Å². The summed E-state index contributed by atoms with van der Waals surface area (Å²) in [4.78, 5) is 4.64. The molecular weight excluding hydrogens is 280 g/mol. The minimum atomic E-state index is 0.678. The van der Waals surface area contributed by atoms with Crippen LogP contribution >= 0.6 is 11.8 Å².